The van der Waals surface area contributed by atoms with Crippen molar-refractivity contribution in [3.8, 4) is 0 Å². The summed E-state index contributed by atoms with van der Waals surface area (Å²) in [7, 11) is 0. The monoisotopic (exact) mass is 307 g/mol. The molecule has 0 bridgehead atoms. The Kier molecular flexibility index (Phi) is 3.92. The highest BCUT2D eigenvalue weighted by Crippen LogP contribution is 2.26. The Bertz CT molecular complexity index is 636. The SMILES string of the molecule is Cc1nc(Cc2c(Cl)cccc2Cl)nc2c1CCNC2. The lowest BCUT2D eigenvalue weighted by Gasteiger charge is -2.19. The van der Waals surface area contributed by atoms with Crippen molar-refractivity contribution in [1.82, 2.24) is 15.3 Å². The predicted molar refractivity (Wildman–Crippen MR) is 81.4 cm³/mol. The molecule has 1 N–H and O–H groups in total. The lowest BCUT2D eigenvalue weighted by molar-refractivity contribution is 0.613. The first kappa shape index (κ1) is 13.8. The second kappa shape index (κ2) is 5.68. The molecule has 0 saturated carbocycles. The van der Waals surface area contributed by atoms with E-state index >= 15 is 0 Å². The molecule has 0 unspecified atom stereocenters. The number of aryl methyl sites for hydroxylation is 1. The summed E-state index contributed by atoms with van der Waals surface area (Å²) in [6, 6.07) is 5.53. The van der Waals surface area contributed by atoms with Crippen LogP contribution in [0.3, 0.4) is 0 Å². The Morgan fingerprint density at radius 3 is 2.70 bits per heavy atom. The molecule has 0 fully saturated rings. The summed E-state index contributed by atoms with van der Waals surface area (Å²) in [6.07, 6.45) is 1.56. The lowest BCUT2D eigenvalue weighted by atomic mass is 10.0. The fraction of sp³-hybridized carbons (Fsp3) is 0.333. The molecule has 3 rings (SSSR count). The van der Waals surface area contributed by atoms with Gasteiger partial charge in [-0.25, -0.2) is 9.97 Å². The van der Waals surface area contributed by atoms with E-state index in [1.165, 1.54) is 5.56 Å². The minimum Gasteiger partial charge on any atom is -0.311 e. The third-order valence-corrected chi connectivity index (χ3v) is 4.29. The summed E-state index contributed by atoms with van der Waals surface area (Å²) in [5.74, 6) is 0.778. The second-order valence-electron chi connectivity index (χ2n) is 4.95. The summed E-state index contributed by atoms with van der Waals surface area (Å²) in [4.78, 5) is 9.27. The molecule has 0 aliphatic carbocycles. The molecule has 0 atom stereocenters. The zero-order valence-corrected chi connectivity index (χ0v) is 12.7. The molecule has 2 aromatic rings. The van der Waals surface area contributed by atoms with Gasteiger partial charge in [0.2, 0.25) is 0 Å². The van der Waals surface area contributed by atoms with Crippen molar-refractivity contribution < 1.29 is 0 Å². The van der Waals surface area contributed by atoms with Gasteiger partial charge >= 0.3 is 0 Å². The number of halogens is 2. The Morgan fingerprint density at radius 2 is 1.95 bits per heavy atom. The number of hydrogen-bond donors (Lipinski definition) is 1. The molecule has 104 valence electrons. The van der Waals surface area contributed by atoms with E-state index in [1.54, 1.807) is 0 Å². The minimum absolute atomic E-state index is 0.562. The maximum atomic E-state index is 6.21. The molecule has 20 heavy (non-hydrogen) atoms. The van der Waals surface area contributed by atoms with Gasteiger partial charge in [0.1, 0.15) is 5.82 Å². The Labute approximate surface area is 128 Å². The number of aromatic nitrogens is 2. The van der Waals surface area contributed by atoms with Crippen molar-refractivity contribution >= 4 is 23.2 Å². The molecule has 0 saturated heterocycles. The van der Waals surface area contributed by atoms with E-state index in [-0.39, 0.29) is 0 Å². The van der Waals surface area contributed by atoms with Gasteiger partial charge in [-0.05, 0) is 43.1 Å². The van der Waals surface area contributed by atoms with Crippen molar-refractivity contribution in [2.45, 2.75) is 26.3 Å². The zero-order chi connectivity index (χ0) is 14.1. The van der Waals surface area contributed by atoms with Gasteiger partial charge in [0, 0.05) is 28.7 Å². The van der Waals surface area contributed by atoms with Crippen molar-refractivity contribution in [3.05, 3.63) is 56.6 Å². The minimum atomic E-state index is 0.562. The van der Waals surface area contributed by atoms with Gasteiger partial charge in [-0.1, -0.05) is 29.3 Å². The van der Waals surface area contributed by atoms with Crippen LogP contribution in [0.2, 0.25) is 10.0 Å². The molecule has 1 aliphatic heterocycles. The quantitative estimate of drug-likeness (QED) is 0.925. The highest BCUT2D eigenvalue weighted by Gasteiger charge is 2.16. The van der Waals surface area contributed by atoms with Crippen molar-refractivity contribution in [3.63, 3.8) is 0 Å². The van der Waals surface area contributed by atoms with Crippen LogP contribution in [-0.4, -0.2) is 16.5 Å². The van der Waals surface area contributed by atoms with Gasteiger partial charge in [0.25, 0.3) is 0 Å². The number of nitrogens with one attached hydrogen (secondary N) is 1. The maximum Gasteiger partial charge on any atom is 0.133 e. The van der Waals surface area contributed by atoms with Crippen LogP contribution in [0.5, 0.6) is 0 Å². The van der Waals surface area contributed by atoms with Crippen molar-refractivity contribution in [1.29, 1.82) is 0 Å². The van der Waals surface area contributed by atoms with Crippen LogP contribution in [0.15, 0.2) is 18.2 Å². The Balaban J connectivity index is 1.97. The van der Waals surface area contributed by atoms with E-state index in [1.807, 2.05) is 25.1 Å². The molecule has 3 nitrogen and oxygen atoms in total. The second-order valence-corrected chi connectivity index (χ2v) is 5.77. The number of rotatable bonds is 2. The summed E-state index contributed by atoms with van der Waals surface area (Å²) in [6.45, 7) is 3.85. The normalized spacial score (nSPS) is 14.2. The van der Waals surface area contributed by atoms with Crippen LogP contribution in [0.1, 0.15) is 28.3 Å². The van der Waals surface area contributed by atoms with Crippen LogP contribution >= 0.6 is 23.2 Å². The van der Waals surface area contributed by atoms with E-state index in [9.17, 15) is 0 Å². The molecular formula is C15H15Cl2N3. The average Bonchev–Trinajstić information content (AvgIpc) is 2.43. The lowest BCUT2D eigenvalue weighted by Crippen LogP contribution is -2.26. The van der Waals surface area contributed by atoms with Crippen LogP contribution < -0.4 is 5.32 Å². The number of nitrogens with zero attached hydrogens (tertiary/aromatic N) is 2. The summed E-state index contributed by atoms with van der Waals surface area (Å²) in [5, 5.41) is 4.66. The highest BCUT2D eigenvalue weighted by molar-refractivity contribution is 6.36. The third kappa shape index (κ3) is 2.66. The van der Waals surface area contributed by atoms with E-state index in [4.69, 9.17) is 23.2 Å². The Hall–Kier alpha value is -1.16. The van der Waals surface area contributed by atoms with Crippen molar-refractivity contribution in [2.75, 3.05) is 6.54 Å². The maximum absolute atomic E-state index is 6.21. The largest absolute Gasteiger partial charge is 0.311 e. The standard InChI is InChI=1S/C15H15Cl2N3/c1-9-10-5-6-18-8-14(10)20-15(19-9)7-11-12(16)3-2-4-13(11)17/h2-4,18H,5-8H2,1H3. The van der Waals surface area contributed by atoms with Gasteiger partial charge < -0.3 is 5.32 Å². The molecule has 0 amide bonds. The fourth-order valence-electron chi connectivity index (χ4n) is 2.55. The summed E-state index contributed by atoms with van der Waals surface area (Å²) < 4.78 is 0. The predicted octanol–water partition coefficient (Wildman–Crippen LogP) is 3.33. The van der Waals surface area contributed by atoms with Gasteiger partial charge in [-0.3, -0.25) is 0 Å². The first-order valence-corrected chi connectivity index (χ1v) is 7.39. The van der Waals surface area contributed by atoms with Gasteiger partial charge in [0.05, 0.1) is 5.69 Å². The van der Waals surface area contributed by atoms with Gasteiger partial charge in [-0.15, -0.1) is 0 Å². The van der Waals surface area contributed by atoms with Gasteiger partial charge in [-0.2, -0.15) is 0 Å². The zero-order valence-electron chi connectivity index (χ0n) is 11.2. The topological polar surface area (TPSA) is 37.8 Å². The molecular weight excluding hydrogens is 293 g/mol. The van der Waals surface area contributed by atoms with E-state index in [0.29, 0.717) is 16.5 Å². The molecule has 1 aliphatic rings. The molecule has 2 heterocycles. The fourth-order valence-corrected chi connectivity index (χ4v) is 3.08. The van der Waals surface area contributed by atoms with E-state index in [0.717, 1.165) is 42.3 Å². The molecule has 5 heteroatoms. The summed E-state index contributed by atoms with van der Waals surface area (Å²) >= 11 is 12.4. The third-order valence-electron chi connectivity index (χ3n) is 3.59. The van der Waals surface area contributed by atoms with Crippen LogP contribution in [0.25, 0.3) is 0 Å². The van der Waals surface area contributed by atoms with Gasteiger partial charge in [0.15, 0.2) is 0 Å². The highest BCUT2D eigenvalue weighted by atomic mass is 35.5. The van der Waals surface area contributed by atoms with Crippen LogP contribution in [0, 0.1) is 6.92 Å². The van der Waals surface area contributed by atoms with E-state index < -0.39 is 0 Å². The molecule has 0 spiro atoms. The first-order valence-electron chi connectivity index (χ1n) is 6.64. The van der Waals surface area contributed by atoms with Crippen LogP contribution in [-0.2, 0) is 19.4 Å². The number of fused-ring (bicyclic) bond motifs is 1. The summed E-state index contributed by atoms with van der Waals surface area (Å²) in [5.41, 5.74) is 4.33. The van der Waals surface area contributed by atoms with Crippen molar-refractivity contribution in [2.24, 2.45) is 0 Å². The van der Waals surface area contributed by atoms with E-state index in [2.05, 4.69) is 15.3 Å². The first-order chi connectivity index (χ1) is 9.65. The van der Waals surface area contributed by atoms with Crippen LogP contribution in [0.4, 0.5) is 0 Å². The number of hydrogen-bond acceptors (Lipinski definition) is 3. The number of benzene rings is 1. The Morgan fingerprint density at radius 1 is 1.20 bits per heavy atom. The molecule has 1 aromatic heterocycles. The average molecular weight is 308 g/mol. The smallest absolute Gasteiger partial charge is 0.133 e. The molecule has 0 radical (unpaired) electrons. The molecule has 1 aromatic carbocycles.